The first-order valence-electron chi connectivity index (χ1n) is 14.3. The van der Waals surface area contributed by atoms with E-state index in [1.54, 1.807) is 32.0 Å². The number of phenols is 2. The first-order chi connectivity index (χ1) is 20.2. The Balaban J connectivity index is 1.56. The summed E-state index contributed by atoms with van der Waals surface area (Å²) in [5.41, 5.74) is 2.64. The third kappa shape index (κ3) is 5.72. The van der Waals surface area contributed by atoms with Gasteiger partial charge in [0.15, 0.2) is 11.5 Å². The van der Waals surface area contributed by atoms with E-state index in [2.05, 4.69) is 10.5 Å². The smallest absolute Gasteiger partial charge is 0.328 e. The van der Waals surface area contributed by atoms with E-state index >= 15 is 0 Å². The molecular weight excluding hydrogens is 542 g/mol. The first kappa shape index (κ1) is 29.6. The maximum atomic E-state index is 13.2. The zero-order valence-corrected chi connectivity index (χ0v) is 24.3. The van der Waals surface area contributed by atoms with Crippen molar-refractivity contribution in [3.63, 3.8) is 0 Å². The minimum Gasteiger partial charge on any atom is -0.508 e. The van der Waals surface area contributed by atoms with Crippen molar-refractivity contribution in [3.05, 3.63) is 53.2 Å². The number of carbonyl (C=O) groups is 2. The van der Waals surface area contributed by atoms with E-state index in [4.69, 9.17) is 18.7 Å². The topological polar surface area (TPSA) is 144 Å². The van der Waals surface area contributed by atoms with Crippen LogP contribution in [0.4, 0.5) is 0 Å². The molecule has 11 heteroatoms. The molecule has 3 N–H and O–H groups in total. The zero-order valence-electron chi connectivity index (χ0n) is 24.3. The Morgan fingerprint density at radius 2 is 1.71 bits per heavy atom. The molecule has 2 aliphatic rings. The highest BCUT2D eigenvalue weighted by molar-refractivity contribution is 6.02. The van der Waals surface area contributed by atoms with E-state index in [0.29, 0.717) is 60.7 Å². The summed E-state index contributed by atoms with van der Waals surface area (Å²) >= 11 is 0. The monoisotopic (exact) mass is 579 g/mol. The van der Waals surface area contributed by atoms with Crippen LogP contribution in [0.15, 0.2) is 40.9 Å². The van der Waals surface area contributed by atoms with Crippen LogP contribution in [0.1, 0.15) is 61.3 Å². The van der Waals surface area contributed by atoms with Gasteiger partial charge in [-0.05, 0) is 42.5 Å². The largest absolute Gasteiger partial charge is 0.508 e. The lowest BCUT2D eigenvalue weighted by atomic mass is 9.93. The number of benzene rings is 2. The van der Waals surface area contributed by atoms with E-state index in [1.807, 2.05) is 30.9 Å². The number of aromatic hydroxyl groups is 2. The Labute approximate surface area is 244 Å². The van der Waals surface area contributed by atoms with Gasteiger partial charge in [0.05, 0.1) is 43.2 Å². The van der Waals surface area contributed by atoms with Gasteiger partial charge in [-0.15, -0.1) is 0 Å². The molecule has 0 aliphatic carbocycles. The highest BCUT2D eigenvalue weighted by Gasteiger charge is 2.42. The highest BCUT2D eigenvalue weighted by Crippen LogP contribution is 2.43. The van der Waals surface area contributed by atoms with Gasteiger partial charge < -0.3 is 34.3 Å². The van der Waals surface area contributed by atoms with Crippen LogP contribution in [0.2, 0.25) is 0 Å². The first-order valence-corrected chi connectivity index (χ1v) is 14.3. The number of likely N-dealkylation sites (tertiary alicyclic amines) is 1. The predicted molar refractivity (Wildman–Crippen MR) is 153 cm³/mol. The van der Waals surface area contributed by atoms with Crippen LogP contribution in [0.5, 0.6) is 11.5 Å². The number of phenolic OH excluding ortho intramolecular Hbond substituents is 2. The average Bonchev–Trinajstić information content (AvgIpc) is 3.58. The van der Waals surface area contributed by atoms with E-state index in [9.17, 15) is 19.8 Å². The quantitative estimate of drug-likeness (QED) is 0.318. The molecule has 0 spiro atoms. The zero-order chi connectivity index (χ0) is 30.0. The van der Waals surface area contributed by atoms with Gasteiger partial charge in [0.25, 0.3) is 5.91 Å². The minimum absolute atomic E-state index is 0.0387. The van der Waals surface area contributed by atoms with Crippen molar-refractivity contribution in [2.24, 2.45) is 0 Å². The number of fused-ring (bicyclic) bond motifs is 1. The number of hydrogen-bond donors (Lipinski definition) is 3. The van der Waals surface area contributed by atoms with E-state index in [1.165, 1.54) is 6.07 Å². The lowest BCUT2D eigenvalue weighted by Gasteiger charge is -2.26. The molecule has 1 amide bonds. The summed E-state index contributed by atoms with van der Waals surface area (Å²) in [6, 6.07) is 9.44. The van der Waals surface area contributed by atoms with Crippen LogP contribution in [0.25, 0.3) is 22.5 Å². The number of rotatable bonds is 9. The number of hydrogen-bond acceptors (Lipinski definition) is 10. The third-order valence-electron chi connectivity index (χ3n) is 7.64. The number of nitrogens with zero attached hydrogens (tertiary/aromatic N) is 2. The molecule has 0 saturated carbocycles. The Morgan fingerprint density at radius 3 is 2.31 bits per heavy atom. The molecule has 0 bridgehead atoms. The van der Waals surface area contributed by atoms with Gasteiger partial charge in [-0.1, -0.05) is 43.3 Å². The predicted octanol–water partition coefficient (Wildman–Crippen LogP) is 4.00. The van der Waals surface area contributed by atoms with Crippen molar-refractivity contribution < 1.29 is 38.5 Å². The van der Waals surface area contributed by atoms with Crippen LogP contribution in [-0.4, -0.2) is 83.8 Å². The number of nitrogens with one attached hydrogen (secondary N) is 1. The van der Waals surface area contributed by atoms with Crippen LogP contribution in [0.3, 0.4) is 0 Å². The van der Waals surface area contributed by atoms with Crippen molar-refractivity contribution in [1.29, 1.82) is 0 Å². The normalized spacial score (nSPS) is 19.5. The molecule has 2 aliphatic heterocycles. The third-order valence-corrected chi connectivity index (χ3v) is 7.64. The summed E-state index contributed by atoms with van der Waals surface area (Å²) in [4.78, 5) is 28.2. The fourth-order valence-corrected chi connectivity index (χ4v) is 5.63. The SMILES string of the molecule is CCNC(=O)c1noc(-c2cc(C(C)C)c(O)cc2O)c1-c1ccc(C(C(=O)OCC)N2C[C@@H]3OCCO[C@@H]3C2)cc1. The van der Waals surface area contributed by atoms with Gasteiger partial charge in [-0.3, -0.25) is 9.69 Å². The van der Waals surface area contributed by atoms with Crippen LogP contribution in [0, 0.1) is 0 Å². The number of amides is 1. The summed E-state index contributed by atoms with van der Waals surface area (Å²) < 4.78 is 22.9. The van der Waals surface area contributed by atoms with Crippen LogP contribution >= 0.6 is 0 Å². The molecular formula is C31H37N3O8. The van der Waals surface area contributed by atoms with E-state index in [0.717, 1.165) is 0 Å². The van der Waals surface area contributed by atoms with Crippen LogP contribution < -0.4 is 5.32 Å². The highest BCUT2D eigenvalue weighted by atomic mass is 16.6. The maximum absolute atomic E-state index is 13.2. The summed E-state index contributed by atoms with van der Waals surface area (Å²) in [7, 11) is 0. The Bertz CT molecular complexity index is 1420. The molecule has 1 unspecified atom stereocenters. The average molecular weight is 580 g/mol. The van der Waals surface area contributed by atoms with E-state index in [-0.39, 0.29) is 53.7 Å². The second-order valence-electron chi connectivity index (χ2n) is 10.7. The lowest BCUT2D eigenvalue weighted by Crippen LogP contribution is -2.36. The standard InChI is InChI=1S/C31H37N3O8/c1-5-32-30(37)27-26(29(42-33-27)21-13-20(17(3)4)22(35)14-23(21)36)18-7-9-19(10-8-18)28(31(38)39-6-2)34-15-24-25(16-34)41-12-11-40-24/h7-10,13-14,17,24-25,28,35-36H,5-6,11-12,15-16H2,1-4H3,(H,32,37)/t24-,25+,28?. The molecule has 5 rings (SSSR count). The van der Waals surface area contributed by atoms with Crippen molar-refractivity contribution in [1.82, 2.24) is 15.4 Å². The second-order valence-corrected chi connectivity index (χ2v) is 10.7. The molecule has 3 aromatic rings. The molecule has 3 atom stereocenters. The maximum Gasteiger partial charge on any atom is 0.328 e. The molecule has 11 nitrogen and oxygen atoms in total. The van der Waals surface area contributed by atoms with E-state index < -0.39 is 11.9 Å². The summed E-state index contributed by atoms with van der Waals surface area (Å²) in [5.74, 6) is -0.907. The molecule has 2 fully saturated rings. The molecule has 42 heavy (non-hydrogen) atoms. The van der Waals surface area contributed by atoms with Crippen molar-refractivity contribution in [2.45, 2.75) is 51.9 Å². The molecule has 0 radical (unpaired) electrons. The van der Waals surface area contributed by atoms with Gasteiger partial charge in [0, 0.05) is 25.7 Å². The second kappa shape index (κ2) is 12.5. The summed E-state index contributed by atoms with van der Waals surface area (Å²) in [6.07, 6.45) is -0.217. The Hall–Kier alpha value is -3.93. The summed E-state index contributed by atoms with van der Waals surface area (Å²) in [6.45, 7) is 10.2. The fourth-order valence-electron chi connectivity index (χ4n) is 5.63. The molecule has 1 aromatic heterocycles. The van der Waals surface area contributed by atoms with Gasteiger partial charge in [-0.2, -0.15) is 0 Å². The number of esters is 1. The lowest BCUT2D eigenvalue weighted by molar-refractivity contribution is -0.149. The Morgan fingerprint density at radius 1 is 1.05 bits per heavy atom. The Kier molecular flexibility index (Phi) is 8.81. The fraction of sp³-hybridized carbons (Fsp3) is 0.452. The van der Waals surface area contributed by atoms with Gasteiger partial charge in [-0.25, -0.2) is 4.79 Å². The summed E-state index contributed by atoms with van der Waals surface area (Å²) in [5, 5.41) is 28.0. The van der Waals surface area contributed by atoms with Crippen LogP contribution in [-0.2, 0) is 19.0 Å². The number of carbonyl (C=O) groups excluding carboxylic acids is 2. The van der Waals surface area contributed by atoms with Gasteiger partial charge >= 0.3 is 5.97 Å². The van der Waals surface area contributed by atoms with Gasteiger partial charge in [0.2, 0.25) is 0 Å². The van der Waals surface area contributed by atoms with Crippen molar-refractivity contribution in [2.75, 3.05) is 39.5 Å². The number of aromatic nitrogens is 1. The van der Waals surface area contributed by atoms with Crippen molar-refractivity contribution >= 4 is 11.9 Å². The molecule has 3 heterocycles. The molecule has 224 valence electrons. The molecule has 2 aromatic carbocycles. The van der Waals surface area contributed by atoms with Gasteiger partial charge in [0.1, 0.15) is 17.5 Å². The number of ether oxygens (including phenoxy) is 3. The molecule has 2 saturated heterocycles. The van der Waals surface area contributed by atoms with Crippen molar-refractivity contribution in [3.8, 4) is 33.9 Å². The minimum atomic E-state index is -0.670.